The summed E-state index contributed by atoms with van der Waals surface area (Å²) >= 11 is 0. The van der Waals surface area contributed by atoms with Crippen molar-refractivity contribution < 1.29 is 13.5 Å². The number of para-hydroxylation sites is 1. The number of hydrogen-bond acceptors (Lipinski definition) is 3. The lowest BCUT2D eigenvalue weighted by atomic mass is 10.1. The van der Waals surface area contributed by atoms with Gasteiger partial charge >= 0.3 is 0 Å². The first-order valence-electron chi connectivity index (χ1n) is 5.97. The minimum absolute atomic E-state index is 0.0837. The van der Waals surface area contributed by atoms with Crippen LogP contribution in [-0.4, -0.2) is 6.61 Å². The minimum Gasteiger partial charge on any atom is -0.487 e. The summed E-state index contributed by atoms with van der Waals surface area (Å²) in [6.45, 7) is 0.0912. The van der Waals surface area contributed by atoms with E-state index in [1.54, 1.807) is 18.2 Å². The molecule has 0 aromatic heterocycles. The van der Waals surface area contributed by atoms with Gasteiger partial charge in [-0.2, -0.15) is 5.26 Å². The Morgan fingerprint density at radius 2 is 1.80 bits per heavy atom. The van der Waals surface area contributed by atoms with E-state index < -0.39 is 17.4 Å². The monoisotopic (exact) mass is 274 g/mol. The van der Waals surface area contributed by atoms with Gasteiger partial charge in [-0.05, 0) is 23.8 Å². The second kappa shape index (κ2) is 6.02. The van der Waals surface area contributed by atoms with Crippen molar-refractivity contribution in [3.8, 4) is 11.8 Å². The summed E-state index contributed by atoms with van der Waals surface area (Å²) in [6, 6.07) is 10.8. The van der Waals surface area contributed by atoms with E-state index in [-0.39, 0.29) is 12.2 Å². The second-order valence-corrected chi connectivity index (χ2v) is 4.18. The summed E-state index contributed by atoms with van der Waals surface area (Å²) in [7, 11) is 0. The molecule has 0 heterocycles. The number of benzene rings is 2. The quantitative estimate of drug-likeness (QED) is 0.872. The highest BCUT2D eigenvalue weighted by molar-refractivity contribution is 5.46. The molecular formula is C15H12F2N2O. The van der Waals surface area contributed by atoms with Crippen molar-refractivity contribution in [2.24, 2.45) is 0 Å². The second-order valence-electron chi connectivity index (χ2n) is 4.18. The number of anilines is 1. The fourth-order valence-corrected chi connectivity index (χ4v) is 1.79. The number of rotatable bonds is 4. The molecule has 0 bridgehead atoms. The predicted molar refractivity (Wildman–Crippen MR) is 71.1 cm³/mol. The van der Waals surface area contributed by atoms with E-state index in [4.69, 9.17) is 15.7 Å². The average molecular weight is 274 g/mol. The Bertz CT molecular complexity index is 642. The first kappa shape index (κ1) is 13.8. The lowest BCUT2D eigenvalue weighted by Gasteiger charge is -2.09. The van der Waals surface area contributed by atoms with Crippen LogP contribution in [0.15, 0.2) is 36.4 Å². The highest BCUT2D eigenvalue weighted by Crippen LogP contribution is 2.23. The topological polar surface area (TPSA) is 59.0 Å². The van der Waals surface area contributed by atoms with Crippen molar-refractivity contribution in [2.45, 2.75) is 6.42 Å². The third kappa shape index (κ3) is 3.04. The molecule has 0 aliphatic heterocycles. The van der Waals surface area contributed by atoms with Crippen LogP contribution in [0.3, 0.4) is 0 Å². The standard InChI is InChI=1S/C15H12F2N2O/c16-12-7-10(9-18)8-13(17)15(12)20-6-5-11-3-1-2-4-14(11)19/h1-4,7-8H,5-6,19H2. The summed E-state index contributed by atoms with van der Waals surface area (Å²) < 4.78 is 32.2. The van der Waals surface area contributed by atoms with E-state index in [1.807, 2.05) is 12.1 Å². The molecule has 102 valence electrons. The number of nitriles is 1. The molecule has 2 N–H and O–H groups in total. The van der Waals surface area contributed by atoms with Crippen LogP contribution in [0, 0.1) is 23.0 Å². The molecule has 2 aromatic carbocycles. The Balaban J connectivity index is 2.05. The molecule has 0 aliphatic rings. The Morgan fingerprint density at radius 1 is 1.15 bits per heavy atom. The SMILES string of the molecule is N#Cc1cc(F)c(OCCc2ccccc2N)c(F)c1. The number of nitrogen functional groups attached to an aromatic ring is 1. The number of nitrogens with two attached hydrogens (primary N) is 1. The summed E-state index contributed by atoms with van der Waals surface area (Å²) in [5.41, 5.74) is 7.13. The van der Waals surface area contributed by atoms with Crippen molar-refractivity contribution in [1.29, 1.82) is 5.26 Å². The molecule has 0 saturated heterocycles. The summed E-state index contributed by atoms with van der Waals surface area (Å²) in [6.07, 6.45) is 0.436. The van der Waals surface area contributed by atoms with Gasteiger partial charge in [0, 0.05) is 12.1 Å². The van der Waals surface area contributed by atoms with Crippen LogP contribution in [-0.2, 0) is 6.42 Å². The average Bonchev–Trinajstić information content (AvgIpc) is 2.43. The Hall–Kier alpha value is -2.61. The molecule has 0 saturated carbocycles. The van der Waals surface area contributed by atoms with Crippen LogP contribution < -0.4 is 10.5 Å². The number of ether oxygens (including phenoxy) is 1. The Morgan fingerprint density at radius 3 is 2.40 bits per heavy atom. The summed E-state index contributed by atoms with van der Waals surface area (Å²) in [5.74, 6) is -2.25. The number of nitrogens with zero attached hydrogens (tertiary/aromatic N) is 1. The molecule has 0 amide bonds. The van der Waals surface area contributed by atoms with Crippen LogP contribution in [0.2, 0.25) is 0 Å². The van der Waals surface area contributed by atoms with Gasteiger partial charge in [0.2, 0.25) is 0 Å². The van der Waals surface area contributed by atoms with Gasteiger partial charge in [0.25, 0.3) is 0 Å². The maximum absolute atomic E-state index is 13.6. The normalized spacial score (nSPS) is 10.1. The van der Waals surface area contributed by atoms with E-state index >= 15 is 0 Å². The van der Waals surface area contributed by atoms with Crippen molar-refractivity contribution in [3.05, 3.63) is 59.2 Å². The Kier molecular flexibility index (Phi) is 4.16. The molecule has 0 atom stereocenters. The fraction of sp³-hybridized carbons (Fsp3) is 0.133. The van der Waals surface area contributed by atoms with Gasteiger partial charge in [-0.3, -0.25) is 0 Å². The first-order chi connectivity index (χ1) is 9.61. The molecule has 5 heteroatoms. The van der Waals surface area contributed by atoms with Crippen molar-refractivity contribution in [3.63, 3.8) is 0 Å². The van der Waals surface area contributed by atoms with Crippen LogP contribution in [0.25, 0.3) is 0 Å². The zero-order valence-electron chi connectivity index (χ0n) is 10.6. The summed E-state index contributed by atoms with van der Waals surface area (Å²) in [4.78, 5) is 0. The lowest BCUT2D eigenvalue weighted by Crippen LogP contribution is -2.06. The zero-order chi connectivity index (χ0) is 14.5. The predicted octanol–water partition coefficient (Wildman–Crippen LogP) is 3.04. The Labute approximate surface area is 115 Å². The minimum atomic E-state index is -0.886. The summed E-state index contributed by atoms with van der Waals surface area (Å²) in [5, 5.41) is 8.59. The third-order valence-corrected chi connectivity index (χ3v) is 2.80. The smallest absolute Gasteiger partial charge is 0.190 e. The molecular weight excluding hydrogens is 262 g/mol. The largest absolute Gasteiger partial charge is 0.487 e. The number of hydrogen-bond donors (Lipinski definition) is 1. The molecule has 0 aliphatic carbocycles. The highest BCUT2D eigenvalue weighted by atomic mass is 19.1. The van der Waals surface area contributed by atoms with Crippen LogP contribution >= 0.6 is 0 Å². The molecule has 0 radical (unpaired) electrons. The molecule has 0 fully saturated rings. The van der Waals surface area contributed by atoms with Crippen LogP contribution in [0.5, 0.6) is 5.75 Å². The van der Waals surface area contributed by atoms with Crippen LogP contribution in [0.1, 0.15) is 11.1 Å². The van der Waals surface area contributed by atoms with Gasteiger partial charge in [-0.1, -0.05) is 18.2 Å². The van der Waals surface area contributed by atoms with Gasteiger partial charge in [0.1, 0.15) is 0 Å². The molecule has 2 aromatic rings. The van der Waals surface area contributed by atoms with Gasteiger partial charge in [0.15, 0.2) is 17.4 Å². The first-order valence-corrected chi connectivity index (χ1v) is 5.97. The lowest BCUT2D eigenvalue weighted by molar-refractivity contribution is 0.288. The fourth-order valence-electron chi connectivity index (χ4n) is 1.79. The maximum Gasteiger partial charge on any atom is 0.190 e. The molecule has 3 nitrogen and oxygen atoms in total. The highest BCUT2D eigenvalue weighted by Gasteiger charge is 2.12. The molecule has 0 spiro atoms. The third-order valence-electron chi connectivity index (χ3n) is 2.80. The van der Waals surface area contributed by atoms with E-state index in [2.05, 4.69) is 0 Å². The molecule has 20 heavy (non-hydrogen) atoms. The van der Waals surface area contributed by atoms with E-state index in [9.17, 15) is 8.78 Å². The van der Waals surface area contributed by atoms with Crippen molar-refractivity contribution in [2.75, 3.05) is 12.3 Å². The van der Waals surface area contributed by atoms with Crippen LogP contribution in [0.4, 0.5) is 14.5 Å². The van der Waals surface area contributed by atoms with Gasteiger partial charge in [-0.15, -0.1) is 0 Å². The van der Waals surface area contributed by atoms with E-state index in [0.29, 0.717) is 12.1 Å². The van der Waals surface area contributed by atoms with Gasteiger partial charge in [-0.25, -0.2) is 8.78 Å². The van der Waals surface area contributed by atoms with Crippen molar-refractivity contribution >= 4 is 5.69 Å². The van der Waals surface area contributed by atoms with Gasteiger partial charge < -0.3 is 10.5 Å². The zero-order valence-corrected chi connectivity index (χ0v) is 10.6. The van der Waals surface area contributed by atoms with Gasteiger partial charge in [0.05, 0.1) is 18.2 Å². The number of halogens is 2. The van der Waals surface area contributed by atoms with E-state index in [1.165, 1.54) is 0 Å². The van der Waals surface area contributed by atoms with E-state index in [0.717, 1.165) is 17.7 Å². The molecule has 0 unspecified atom stereocenters. The molecule has 2 rings (SSSR count). The van der Waals surface area contributed by atoms with Crippen molar-refractivity contribution in [1.82, 2.24) is 0 Å². The maximum atomic E-state index is 13.6.